The van der Waals surface area contributed by atoms with Gasteiger partial charge in [-0.15, -0.1) is 0 Å². The molecule has 324 valence electrons. The minimum absolute atomic E-state index is 1.21. The van der Waals surface area contributed by atoms with Gasteiger partial charge in [-0.05, 0) is 154 Å². The lowest BCUT2D eigenvalue weighted by Crippen LogP contribution is -1.93. The molecule has 0 heteroatoms. The first-order valence-corrected chi connectivity index (χ1v) is 24.3. The van der Waals surface area contributed by atoms with Crippen molar-refractivity contribution in [2.45, 2.75) is 0 Å². The molecule has 0 aromatic heterocycles. The fourth-order valence-corrected chi connectivity index (χ4v) is 11.6. The summed E-state index contributed by atoms with van der Waals surface area (Å²) in [6.45, 7) is 0. The van der Waals surface area contributed by atoms with E-state index in [4.69, 9.17) is 0 Å². The standard InChI is InChI=1S/C70H44/c1-3-19-49-43-51(35-33-45(49)15-1)55-27-13-30-66-63(38-37-56(69(55)66)52-36-34-46-16-2-4-20-50(46)44-52)61-39-40-62(60-26-10-9-25-59(60)61)64-41-42-68(58-29-12-22-48-18-6-8-24-54(48)58)70-65(31-14-32-67(64)70)57-28-11-21-47-17-5-7-23-53(47)57/h1-44H. The zero-order valence-electron chi connectivity index (χ0n) is 38.4. The first kappa shape index (κ1) is 40.0. The van der Waals surface area contributed by atoms with Gasteiger partial charge in [-0.3, -0.25) is 0 Å². The van der Waals surface area contributed by atoms with E-state index >= 15 is 0 Å². The number of rotatable bonds is 6. The van der Waals surface area contributed by atoms with Crippen LogP contribution in [0, 0.1) is 0 Å². The smallest absolute Gasteiger partial charge is 0.00201 e. The topological polar surface area (TPSA) is 0 Å². The van der Waals surface area contributed by atoms with E-state index in [1.165, 1.54) is 142 Å². The number of fused-ring (bicyclic) bond motifs is 7. The second-order valence-electron chi connectivity index (χ2n) is 18.7. The van der Waals surface area contributed by atoms with Crippen molar-refractivity contribution in [3.63, 3.8) is 0 Å². The molecule has 14 aromatic rings. The maximum absolute atomic E-state index is 2.38. The van der Waals surface area contributed by atoms with Crippen LogP contribution < -0.4 is 0 Å². The first-order chi connectivity index (χ1) is 34.7. The zero-order valence-corrected chi connectivity index (χ0v) is 38.4. The van der Waals surface area contributed by atoms with Crippen molar-refractivity contribution in [3.05, 3.63) is 267 Å². The van der Waals surface area contributed by atoms with Gasteiger partial charge in [0.2, 0.25) is 0 Å². The van der Waals surface area contributed by atoms with E-state index in [2.05, 4.69) is 267 Å². The lowest BCUT2D eigenvalue weighted by Gasteiger charge is -2.20. The molecule has 0 nitrogen and oxygen atoms in total. The van der Waals surface area contributed by atoms with Crippen molar-refractivity contribution in [2.75, 3.05) is 0 Å². The van der Waals surface area contributed by atoms with E-state index in [0.29, 0.717) is 0 Å². The van der Waals surface area contributed by atoms with Crippen LogP contribution in [0.2, 0.25) is 0 Å². The molecule has 0 atom stereocenters. The van der Waals surface area contributed by atoms with E-state index in [-0.39, 0.29) is 0 Å². The molecule has 0 unspecified atom stereocenters. The van der Waals surface area contributed by atoms with E-state index in [0.717, 1.165) is 0 Å². The molecule has 14 rings (SSSR count). The van der Waals surface area contributed by atoms with Crippen molar-refractivity contribution >= 4 is 75.4 Å². The second-order valence-corrected chi connectivity index (χ2v) is 18.7. The average Bonchev–Trinajstić information content (AvgIpc) is 3.43. The van der Waals surface area contributed by atoms with Crippen LogP contribution in [0.4, 0.5) is 0 Å². The third-order valence-corrected chi connectivity index (χ3v) is 14.9. The summed E-state index contributed by atoms with van der Waals surface area (Å²) in [5.74, 6) is 0. The van der Waals surface area contributed by atoms with Crippen LogP contribution in [0.3, 0.4) is 0 Å². The molecular formula is C70H44. The Morgan fingerprint density at radius 2 is 0.429 bits per heavy atom. The Morgan fingerprint density at radius 1 is 0.143 bits per heavy atom. The molecular weight excluding hydrogens is 841 g/mol. The average molecular weight is 885 g/mol. The van der Waals surface area contributed by atoms with E-state index in [1.54, 1.807) is 0 Å². The largest absolute Gasteiger partial charge is 0.0616 e. The molecule has 70 heavy (non-hydrogen) atoms. The van der Waals surface area contributed by atoms with Crippen LogP contribution in [0.25, 0.3) is 142 Å². The predicted octanol–water partition coefficient (Wildman–Crippen LogP) is 19.8. The van der Waals surface area contributed by atoms with E-state index in [1.807, 2.05) is 0 Å². The van der Waals surface area contributed by atoms with Gasteiger partial charge in [0.05, 0.1) is 0 Å². The molecule has 0 fully saturated rings. The van der Waals surface area contributed by atoms with Gasteiger partial charge >= 0.3 is 0 Å². The highest BCUT2D eigenvalue weighted by Crippen LogP contribution is 2.48. The Hall–Kier alpha value is -9.10. The number of hydrogen-bond donors (Lipinski definition) is 0. The molecule has 0 aliphatic carbocycles. The van der Waals surface area contributed by atoms with Crippen LogP contribution in [-0.2, 0) is 0 Å². The van der Waals surface area contributed by atoms with Gasteiger partial charge in [-0.2, -0.15) is 0 Å². The highest BCUT2D eigenvalue weighted by Gasteiger charge is 2.21. The SMILES string of the molecule is c1ccc2cc(-c3cccc4c(-c5ccc(-c6ccc(-c7cccc8ccccc78)c7c(-c8cccc9ccccc89)cccc67)c6ccccc56)ccc(-c5ccc6ccccc6c5)c34)ccc2c1. The van der Waals surface area contributed by atoms with Crippen molar-refractivity contribution in [2.24, 2.45) is 0 Å². The molecule has 0 aliphatic rings. The molecule has 0 heterocycles. The molecule has 0 saturated heterocycles. The van der Waals surface area contributed by atoms with E-state index < -0.39 is 0 Å². The molecule has 14 aromatic carbocycles. The second kappa shape index (κ2) is 16.3. The van der Waals surface area contributed by atoms with Crippen molar-refractivity contribution in [3.8, 4) is 66.8 Å². The predicted molar refractivity (Wildman–Crippen MR) is 302 cm³/mol. The Balaban J connectivity index is 1.01. The van der Waals surface area contributed by atoms with Crippen LogP contribution in [0.1, 0.15) is 0 Å². The maximum Gasteiger partial charge on any atom is -0.00201 e. The van der Waals surface area contributed by atoms with E-state index in [9.17, 15) is 0 Å². The molecule has 0 aliphatic heterocycles. The Labute approximate surface area is 407 Å². The van der Waals surface area contributed by atoms with Crippen molar-refractivity contribution in [1.82, 2.24) is 0 Å². The summed E-state index contributed by atoms with van der Waals surface area (Å²) in [5, 5.41) is 17.4. The summed E-state index contributed by atoms with van der Waals surface area (Å²) in [7, 11) is 0. The summed E-state index contributed by atoms with van der Waals surface area (Å²) < 4.78 is 0. The fourth-order valence-electron chi connectivity index (χ4n) is 11.6. The summed E-state index contributed by atoms with van der Waals surface area (Å²) in [6.07, 6.45) is 0. The normalized spacial score (nSPS) is 11.7. The van der Waals surface area contributed by atoms with Crippen LogP contribution in [0.5, 0.6) is 0 Å². The lowest BCUT2D eigenvalue weighted by atomic mass is 9.83. The third kappa shape index (κ3) is 6.45. The minimum atomic E-state index is 1.21. The van der Waals surface area contributed by atoms with Gasteiger partial charge < -0.3 is 0 Å². The quantitative estimate of drug-likeness (QED) is 0.156. The molecule has 0 amide bonds. The summed E-state index contributed by atoms with van der Waals surface area (Å²) in [6, 6.07) is 99.2. The van der Waals surface area contributed by atoms with Gasteiger partial charge in [-0.25, -0.2) is 0 Å². The first-order valence-electron chi connectivity index (χ1n) is 24.3. The van der Waals surface area contributed by atoms with Gasteiger partial charge in [0, 0.05) is 0 Å². The number of hydrogen-bond acceptors (Lipinski definition) is 0. The fraction of sp³-hybridized carbons (Fsp3) is 0. The van der Waals surface area contributed by atoms with Crippen molar-refractivity contribution < 1.29 is 0 Å². The van der Waals surface area contributed by atoms with Crippen LogP contribution >= 0.6 is 0 Å². The molecule has 0 radical (unpaired) electrons. The molecule has 0 N–H and O–H groups in total. The minimum Gasteiger partial charge on any atom is -0.0616 e. The van der Waals surface area contributed by atoms with Gasteiger partial charge in [0.1, 0.15) is 0 Å². The van der Waals surface area contributed by atoms with Gasteiger partial charge in [-0.1, -0.05) is 255 Å². The van der Waals surface area contributed by atoms with Crippen LogP contribution in [-0.4, -0.2) is 0 Å². The molecule has 0 saturated carbocycles. The Bertz CT molecular complexity index is 4240. The number of benzene rings is 14. The molecule has 0 spiro atoms. The van der Waals surface area contributed by atoms with Gasteiger partial charge in [0.15, 0.2) is 0 Å². The summed E-state index contributed by atoms with van der Waals surface area (Å²) in [4.78, 5) is 0. The highest BCUT2D eigenvalue weighted by molar-refractivity contribution is 6.21. The highest BCUT2D eigenvalue weighted by atomic mass is 14.2. The lowest BCUT2D eigenvalue weighted by molar-refractivity contribution is 1.63. The zero-order chi connectivity index (χ0) is 46.1. The third-order valence-electron chi connectivity index (χ3n) is 14.9. The Morgan fingerprint density at radius 3 is 0.943 bits per heavy atom. The Kier molecular flexibility index (Phi) is 9.32. The van der Waals surface area contributed by atoms with Gasteiger partial charge in [0.25, 0.3) is 0 Å². The summed E-state index contributed by atoms with van der Waals surface area (Å²) >= 11 is 0. The van der Waals surface area contributed by atoms with Crippen molar-refractivity contribution in [1.29, 1.82) is 0 Å². The van der Waals surface area contributed by atoms with Crippen LogP contribution in [0.15, 0.2) is 267 Å². The monoisotopic (exact) mass is 884 g/mol. The summed E-state index contributed by atoms with van der Waals surface area (Å²) in [5.41, 5.74) is 14.7. The maximum atomic E-state index is 2.38. The molecule has 0 bridgehead atoms.